The van der Waals surface area contributed by atoms with E-state index in [-0.39, 0.29) is 12.1 Å². The van der Waals surface area contributed by atoms with Gasteiger partial charge in [0, 0.05) is 35.5 Å². The average Bonchev–Trinajstić information content (AvgIpc) is 3.53. The maximum Gasteiger partial charge on any atom is 0.229 e. The van der Waals surface area contributed by atoms with Crippen molar-refractivity contribution in [2.24, 2.45) is 0 Å². The first-order valence-electron chi connectivity index (χ1n) is 11.2. The van der Waals surface area contributed by atoms with E-state index in [4.69, 9.17) is 12.2 Å². The van der Waals surface area contributed by atoms with Crippen LogP contribution in [0.2, 0.25) is 0 Å². The van der Waals surface area contributed by atoms with E-state index >= 15 is 0 Å². The van der Waals surface area contributed by atoms with E-state index in [0.29, 0.717) is 16.8 Å². The van der Waals surface area contributed by atoms with Crippen LogP contribution in [0.15, 0.2) is 67.0 Å². The van der Waals surface area contributed by atoms with E-state index < -0.39 is 10.0 Å². The average molecular weight is 482 g/mol. The fraction of sp³-hybridized carbons (Fsp3) is 0.333. The molecule has 33 heavy (non-hydrogen) atoms. The van der Waals surface area contributed by atoms with Crippen molar-refractivity contribution in [3.8, 4) is 0 Å². The number of anilines is 2. The Bertz CT molecular complexity index is 1240. The van der Waals surface area contributed by atoms with Crippen molar-refractivity contribution >= 4 is 38.7 Å². The minimum absolute atomic E-state index is 0.0864. The van der Waals surface area contributed by atoms with Gasteiger partial charge in [0.15, 0.2) is 5.11 Å². The normalized spacial score (nSPS) is 21.4. The van der Waals surface area contributed by atoms with Crippen LogP contribution in [0.3, 0.4) is 0 Å². The Morgan fingerprint density at radius 2 is 1.82 bits per heavy atom. The van der Waals surface area contributed by atoms with Gasteiger partial charge < -0.3 is 14.8 Å². The van der Waals surface area contributed by atoms with Gasteiger partial charge in [-0.05, 0) is 73.6 Å². The molecule has 2 atom stereocenters. The van der Waals surface area contributed by atoms with Crippen molar-refractivity contribution in [3.63, 3.8) is 0 Å². The summed E-state index contributed by atoms with van der Waals surface area (Å²) < 4.78 is 28.1. The molecule has 2 aromatic heterocycles. The van der Waals surface area contributed by atoms with Gasteiger partial charge in [-0.15, -0.1) is 0 Å². The number of pyridine rings is 1. The fourth-order valence-electron chi connectivity index (χ4n) is 5.01. The summed E-state index contributed by atoms with van der Waals surface area (Å²) in [5, 5.41) is 4.12. The van der Waals surface area contributed by atoms with E-state index in [1.807, 2.05) is 30.3 Å². The molecular formula is C24H27N5O2S2. The molecule has 1 aromatic carbocycles. The van der Waals surface area contributed by atoms with Gasteiger partial charge in [-0.25, -0.2) is 8.42 Å². The molecule has 1 aliphatic carbocycles. The predicted octanol–water partition coefficient (Wildman–Crippen LogP) is 4.55. The Hall–Kier alpha value is -2.91. The maximum absolute atomic E-state index is 11.6. The van der Waals surface area contributed by atoms with Crippen LogP contribution in [0.25, 0.3) is 0 Å². The minimum Gasteiger partial charge on any atom is -0.351 e. The Morgan fingerprint density at radius 3 is 2.48 bits per heavy atom. The number of hydrogen-bond acceptors (Lipinski definition) is 4. The van der Waals surface area contributed by atoms with Crippen LogP contribution < -0.4 is 14.9 Å². The number of hydrogen-bond donors (Lipinski definition) is 2. The zero-order chi connectivity index (χ0) is 23.0. The Kier molecular flexibility index (Phi) is 5.84. The summed E-state index contributed by atoms with van der Waals surface area (Å²) in [7, 11) is -3.34. The minimum atomic E-state index is -3.34. The summed E-state index contributed by atoms with van der Waals surface area (Å²) in [4.78, 5) is 6.75. The summed E-state index contributed by atoms with van der Waals surface area (Å²) in [6.45, 7) is 0. The lowest BCUT2D eigenvalue weighted by Crippen LogP contribution is -2.30. The van der Waals surface area contributed by atoms with E-state index in [0.717, 1.165) is 17.6 Å². The van der Waals surface area contributed by atoms with Crippen LogP contribution in [0, 0.1) is 0 Å². The molecule has 1 saturated carbocycles. The first-order valence-corrected chi connectivity index (χ1v) is 13.5. The second-order valence-corrected chi connectivity index (χ2v) is 10.8. The molecule has 5 rings (SSSR count). The molecule has 2 aliphatic rings. The fourth-order valence-corrected chi connectivity index (χ4v) is 5.92. The molecule has 3 heterocycles. The number of aromatic nitrogens is 2. The van der Waals surface area contributed by atoms with Crippen molar-refractivity contribution in [3.05, 3.63) is 78.4 Å². The van der Waals surface area contributed by atoms with E-state index in [2.05, 4.69) is 42.8 Å². The molecule has 0 spiro atoms. The van der Waals surface area contributed by atoms with Crippen LogP contribution >= 0.6 is 12.2 Å². The van der Waals surface area contributed by atoms with Gasteiger partial charge in [0.1, 0.15) is 6.04 Å². The maximum atomic E-state index is 11.6. The van der Waals surface area contributed by atoms with Gasteiger partial charge in [-0.2, -0.15) is 0 Å². The molecule has 0 amide bonds. The highest BCUT2D eigenvalue weighted by Gasteiger charge is 2.42. The second kappa shape index (κ2) is 8.79. The van der Waals surface area contributed by atoms with Crippen LogP contribution in [0.1, 0.15) is 55.2 Å². The molecule has 0 radical (unpaired) electrons. The third kappa shape index (κ3) is 4.47. The van der Waals surface area contributed by atoms with Crippen molar-refractivity contribution in [2.75, 3.05) is 15.9 Å². The summed E-state index contributed by atoms with van der Waals surface area (Å²) in [6.07, 6.45) is 10.0. The number of benzene rings is 1. The molecule has 2 N–H and O–H groups in total. The summed E-state index contributed by atoms with van der Waals surface area (Å²) in [5.41, 5.74) is 3.55. The van der Waals surface area contributed by atoms with Gasteiger partial charge in [-0.1, -0.05) is 18.9 Å². The molecule has 1 aliphatic heterocycles. The van der Waals surface area contributed by atoms with Crippen molar-refractivity contribution in [1.29, 1.82) is 0 Å². The van der Waals surface area contributed by atoms with Crippen LogP contribution in [0.5, 0.6) is 0 Å². The third-order valence-corrected chi connectivity index (χ3v) is 7.30. The quantitative estimate of drug-likeness (QED) is 0.503. The number of rotatable bonds is 6. The Balaban J connectivity index is 1.56. The van der Waals surface area contributed by atoms with Gasteiger partial charge in [0.25, 0.3) is 0 Å². The number of nitrogens with zero attached hydrogens (tertiary/aromatic N) is 3. The number of thiocarbonyl (C=S) groups is 1. The highest BCUT2D eigenvalue weighted by Crippen LogP contribution is 2.43. The second-order valence-electron chi connectivity index (χ2n) is 8.70. The van der Waals surface area contributed by atoms with Crippen LogP contribution in [0.4, 0.5) is 11.4 Å². The zero-order valence-corrected chi connectivity index (χ0v) is 20.0. The smallest absolute Gasteiger partial charge is 0.229 e. The summed E-state index contributed by atoms with van der Waals surface area (Å²) >= 11 is 5.82. The van der Waals surface area contributed by atoms with E-state index in [1.165, 1.54) is 31.4 Å². The highest BCUT2D eigenvalue weighted by molar-refractivity contribution is 7.92. The largest absolute Gasteiger partial charge is 0.351 e. The standard InChI is InChI=1S/C24H27N5O2S2/c1-33(30,31)27-17-11-13-19(14-12-17)29-23(21-10-6-16-28(21)18-7-2-3-8-18)22(26-24(29)32)20-9-4-5-15-25-20/h4-6,9-16,18,22-23,27H,2-3,7-8H2,1H3,(H,26,32)/t22-,23-/m0/s1. The van der Waals surface area contributed by atoms with Crippen molar-refractivity contribution < 1.29 is 8.42 Å². The van der Waals surface area contributed by atoms with E-state index in [1.54, 1.807) is 18.3 Å². The van der Waals surface area contributed by atoms with Crippen molar-refractivity contribution in [1.82, 2.24) is 14.9 Å². The molecule has 7 nitrogen and oxygen atoms in total. The van der Waals surface area contributed by atoms with Gasteiger partial charge >= 0.3 is 0 Å². The summed E-state index contributed by atoms with van der Waals surface area (Å²) in [6, 6.07) is 17.9. The first kappa shape index (κ1) is 21.9. The molecule has 3 aromatic rings. The van der Waals surface area contributed by atoms with Gasteiger partial charge in [0.2, 0.25) is 10.0 Å². The van der Waals surface area contributed by atoms with E-state index in [9.17, 15) is 8.42 Å². The third-order valence-electron chi connectivity index (χ3n) is 6.38. The number of nitrogens with one attached hydrogen (secondary N) is 2. The predicted molar refractivity (Wildman–Crippen MR) is 135 cm³/mol. The van der Waals surface area contributed by atoms with Gasteiger partial charge in [-0.3, -0.25) is 9.71 Å². The molecule has 0 bridgehead atoms. The summed E-state index contributed by atoms with van der Waals surface area (Å²) in [5.74, 6) is 0. The molecule has 9 heteroatoms. The molecular weight excluding hydrogens is 454 g/mol. The molecule has 1 saturated heterocycles. The molecule has 2 fully saturated rings. The Morgan fingerprint density at radius 1 is 1.06 bits per heavy atom. The topological polar surface area (TPSA) is 79.3 Å². The number of sulfonamides is 1. The Labute approximate surface area is 199 Å². The lowest BCUT2D eigenvalue weighted by atomic mass is 10.00. The zero-order valence-electron chi connectivity index (χ0n) is 18.4. The van der Waals surface area contributed by atoms with Crippen molar-refractivity contribution in [2.45, 2.75) is 43.8 Å². The van der Waals surface area contributed by atoms with Crippen LogP contribution in [-0.4, -0.2) is 29.3 Å². The monoisotopic (exact) mass is 481 g/mol. The first-order chi connectivity index (χ1) is 15.9. The lowest BCUT2D eigenvalue weighted by Gasteiger charge is -2.30. The molecule has 172 valence electrons. The SMILES string of the molecule is CS(=O)(=O)Nc1ccc(N2C(=S)N[C@@H](c3ccccn3)[C@@H]2c2cccn2C2CCCC2)cc1. The highest BCUT2D eigenvalue weighted by atomic mass is 32.2. The van der Waals surface area contributed by atoms with Gasteiger partial charge in [0.05, 0.1) is 18.0 Å². The lowest BCUT2D eigenvalue weighted by molar-refractivity contribution is 0.461. The molecule has 0 unspecified atom stereocenters. The van der Waals surface area contributed by atoms with Crippen LogP contribution in [-0.2, 0) is 10.0 Å².